The third-order valence-electron chi connectivity index (χ3n) is 5.47. The Balaban J connectivity index is 1.92. The number of benzene rings is 2. The van der Waals surface area contributed by atoms with Crippen LogP contribution >= 0.6 is 0 Å². The molecule has 0 fully saturated rings. The van der Waals surface area contributed by atoms with Crippen LogP contribution in [0.5, 0.6) is 5.75 Å². The lowest BCUT2D eigenvalue weighted by Gasteiger charge is -2.35. The molecule has 1 atom stereocenters. The van der Waals surface area contributed by atoms with Gasteiger partial charge in [-0.25, -0.2) is 0 Å². The van der Waals surface area contributed by atoms with Crippen LogP contribution in [0.15, 0.2) is 36.4 Å². The van der Waals surface area contributed by atoms with Gasteiger partial charge in [0.05, 0.1) is 24.7 Å². The van der Waals surface area contributed by atoms with Gasteiger partial charge in [0.15, 0.2) is 0 Å². The summed E-state index contributed by atoms with van der Waals surface area (Å²) >= 11 is 0. The number of hydrogen-bond acceptors (Lipinski definition) is 5. The quantitative estimate of drug-likeness (QED) is 0.434. The highest BCUT2D eigenvalue weighted by atomic mass is 16.5. The minimum atomic E-state index is -0.663. The Morgan fingerprint density at radius 3 is 2.50 bits per heavy atom. The van der Waals surface area contributed by atoms with E-state index in [0.717, 1.165) is 35.1 Å². The van der Waals surface area contributed by atoms with Crippen molar-refractivity contribution in [2.75, 3.05) is 6.54 Å². The van der Waals surface area contributed by atoms with Crippen LogP contribution in [0, 0.1) is 5.41 Å². The van der Waals surface area contributed by atoms with E-state index in [9.17, 15) is 19.8 Å². The average Bonchev–Trinajstić information content (AvgIpc) is 2.73. The molecular weight excluding hydrogens is 382 g/mol. The molecule has 1 amide bonds. The largest absolute Gasteiger partial charge is 0.426 e. The highest BCUT2D eigenvalue weighted by molar-refractivity contribution is 5.78. The number of aliphatic hydroxyl groups excluding tert-OH is 2. The fourth-order valence-corrected chi connectivity index (χ4v) is 3.66. The molecule has 2 N–H and O–H groups in total. The molecule has 1 heterocycles. The number of carbonyl (C=O) groups excluding carboxylic acids is 2. The standard InChI is InChI=1S/C24H29NO5/c1-24(2,3)23(29)30-22-12-16(4-6-19(22)14-27)11-21-20-7-5-17(13-26)10-18(20)8-9-25(21)15-28/h4-7,10,12,15,21,26-27H,8-9,11,13-14H2,1-3H3. The third kappa shape index (κ3) is 4.71. The minimum Gasteiger partial charge on any atom is -0.426 e. The van der Waals surface area contributed by atoms with Crippen LogP contribution in [0.25, 0.3) is 0 Å². The molecule has 1 unspecified atom stereocenters. The second-order valence-electron chi connectivity index (χ2n) is 8.74. The second kappa shape index (κ2) is 8.98. The Labute approximate surface area is 177 Å². The normalized spacial score (nSPS) is 16.2. The van der Waals surface area contributed by atoms with E-state index in [4.69, 9.17) is 4.74 Å². The average molecular weight is 411 g/mol. The number of ether oxygens (including phenoxy) is 1. The highest BCUT2D eigenvalue weighted by Crippen LogP contribution is 2.34. The molecular formula is C24H29NO5. The minimum absolute atomic E-state index is 0.0134. The molecule has 0 saturated heterocycles. The van der Waals surface area contributed by atoms with Crippen LogP contribution in [0.3, 0.4) is 0 Å². The molecule has 1 aliphatic rings. The maximum atomic E-state index is 12.3. The molecule has 0 radical (unpaired) electrons. The first-order valence-corrected chi connectivity index (χ1v) is 10.2. The Kier molecular flexibility index (Phi) is 6.58. The summed E-state index contributed by atoms with van der Waals surface area (Å²) in [6.07, 6.45) is 2.17. The lowest BCUT2D eigenvalue weighted by atomic mass is 9.88. The van der Waals surface area contributed by atoms with Gasteiger partial charge in [-0.05, 0) is 61.9 Å². The molecule has 0 spiro atoms. The maximum absolute atomic E-state index is 12.3. The predicted octanol–water partition coefficient (Wildman–Crippen LogP) is 2.92. The zero-order valence-electron chi connectivity index (χ0n) is 17.7. The molecule has 0 aliphatic carbocycles. The Hall–Kier alpha value is -2.70. The maximum Gasteiger partial charge on any atom is 0.316 e. The van der Waals surface area contributed by atoms with E-state index in [1.54, 1.807) is 37.8 Å². The first-order chi connectivity index (χ1) is 14.3. The van der Waals surface area contributed by atoms with Crippen molar-refractivity contribution >= 4 is 12.4 Å². The van der Waals surface area contributed by atoms with Gasteiger partial charge in [-0.3, -0.25) is 9.59 Å². The van der Waals surface area contributed by atoms with Crippen molar-refractivity contribution in [1.29, 1.82) is 0 Å². The molecule has 2 aromatic rings. The van der Waals surface area contributed by atoms with Gasteiger partial charge in [-0.1, -0.05) is 30.3 Å². The zero-order valence-corrected chi connectivity index (χ0v) is 17.7. The topological polar surface area (TPSA) is 87.1 Å². The molecule has 1 aliphatic heterocycles. The summed E-state index contributed by atoms with van der Waals surface area (Å²) in [7, 11) is 0. The fourth-order valence-electron chi connectivity index (χ4n) is 3.66. The van der Waals surface area contributed by atoms with Crippen molar-refractivity contribution in [2.24, 2.45) is 5.41 Å². The molecule has 2 aromatic carbocycles. The Morgan fingerprint density at radius 1 is 1.13 bits per heavy atom. The first kappa shape index (κ1) is 22.0. The first-order valence-electron chi connectivity index (χ1n) is 10.2. The van der Waals surface area contributed by atoms with E-state index in [-0.39, 0.29) is 25.2 Å². The fraction of sp³-hybridized carbons (Fsp3) is 0.417. The molecule has 6 nitrogen and oxygen atoms in total. The van der Waals surface area contributed by atoms with Crippen molar-refractivity contribution < 1.29 is 24.5 Å². The molecule has 160 valence electrons. The molecule has 30 heavy (non-hydrogen) atoms. The summed E-state index contributed by atoms with van der Waals surface area (Å²) in [5.74, 6) is -0.0253. The van der Waals surface area contributed by atoms with Gasteiger partial charge in [-0.15, -0.1) is 0 Å². The lowest BCUT2D eigenvalue weighted by Crippen LogP contribution is -2.35. The molecule has 6 heteroatoms. The third-order valence-corrected chi connectivity index (χ3v) is 5.47. The van der Waals surface area contributed by atoms with E-state index in [1.807, 2.05) is 24.3 Å². The number of hydrogen-bond donors (Lipinski definition) is 2. The van der Waals surface area contributed by atoms with Crippen molar-refractivity contribution in [3.63, 3.8) is 0 Å². The predicted molar refractivity (Wildman–Crippen MR) is 113 cm³/mol. The zero-order chi connectivity index (χ0) is 21.9. The van der Waals surface area contributed by atoms with E-state index in [2.05, 4.69) is 0 Å². The van der Waals surface area contributed by atoms with E-state index >= 15 is 0 Å². The van der Waals surface area contributed by atoms with Crippen LogP contribution in [0.1, 0.15) is 54.6 Å². The van der Waals surface area contributed by atoms with Gasteiger partial charge in [-0.2, -0.15) is 0 Å². The van der Waals surface area contributed by atoms with Gasteiger partial charge < -0.3 is 19.8 Å². The summed E-state index contributed by atoms with van der Waals surface area (Å²) in [5, 5.41) is 19.1. The van der Waals surface area contributed by atoms with Crippen LogP contribution in [-0.2, 0) is 35.6 Å². The monoisotopic (exact) mass is 411 g/mol. The van der Waals surface area contributed by atoms with E-state index < -0.39 is 5.41 Å². The van der Waals surface area contributed by atoms with Crippen molar-refractivity contribution in [3.8, 4) is 5.75 Å². The van der Waals surface area contributed by atoms with Crippen LogP contribution in [0.2, 0.25) is 0 Å². The Morgan fingerprint density at radius 2 is 1.87 bits per heavy atom. The molecule has 0 saturated carbocycles. The number of carbonyl (C=O) groups is 2. The second-order valence-corrected chi connectivity index (χ2v) is 8.74. The van der Waals surface area contributed by atoms with Gasteiger partial charge >= 0.3 is 5.97 Å². The van der Waals surface area contributed by atoms with Gasteiger partial charge in [0.1, 0.15) is 5.75 Å². The van der Waals surface area contributed by atoms with Gasteiger partial charge in [0, 0.05) is 12.1 Å². The number of nitrogens with zero attached hydrogens (tertiary/aromatic N) is 1. The summed E-state index contributed by atoms with van der Waals surface area (Å²) in [6, 6.07) is 11.1. The van der Waals surface area contributed by atoms with Crippen LogP contribution < -0.4 is 4.74 Å². The highest BCUT2D eigenvalue weighted by Gasteiger charge is 2.28. The Bertz CT molecular complexity index is 932. The van der Waals surface area contributed by atoms with Crippen molar-refractivity contribution in [2.45, 2.75) is 52.9 Å². The number of rotatable bonds is 6. The van der Waals surface area contributed by atoms with Crippen LogP contribution in [0.4, 0.5) is 0 Å². The van der Waals surface area contributed by atoms with Gasteiger partial charge in [0.2, 0.25) is 6.41 Å². The lowest BCUT2D eigenvalue weighted by molar-refractivity contribution is -0.143. The SMILES string of the molecule is CC(C)(C)C(=O)Oc1cc(CC2c3ccc(CO)cc3CCN2C=O)ccc1CO. The van der Waals surface area contributed by atoms with E-state index in [1.165, 1.54) is 0 Å². The molecule has 3 rings (SSSR count). The summed E-state index contributed by atoms with van der Waals surface area (Å²) in [5.41, 5.74) is 3.83. The summed E-state index contributed by atoms with van der Waals surface area (Å²) in [4.78, 5) is 25.8. The van der Waals surface area contributed by atoms with Gasteiger partial charge in [0.25, 0.3) is 0 Å². The number of esters is 1. The molecule has 0 bridgehead atoms. The van der Waals surface area contributed by atoms with Crippen molar-refractivity contribution in [1.82, 2.24) is 4.90 Å². The van der Waals surface area contributed by atoms with E-state index in [0.29, 0.717) is 24.3 Å². The summed E-state index contributed by atoms with van der Waals surface area (Å²) < 4.78 is 5.57. The van der Waals surface area contributed by atoms with Crippen LogP contribution in [-0.4, -0.2) is 34.0 Å². The number of fused-ring (bicyclic) bond motifs is 1. The number of amides is 1. The molecule has 0 aromatic heterocycles. The number of aliphatic hydroxyl groups is 2. The summed E-state index contributed by atoms with van der Waals surface area (Å²) in [6.45, 7) is 5.69. The van der Waals surface area contributed by atoms with Crippen molar-refractivity contribution in [3.05, 3.63) is 64.2 Å². The smallest absolute Gasteiger partial charge is 0.316 e.